The van der Waals surface area contributed by atoms with Crippen LogP contribution in [-0.2, 0) is 4.79 Å². The molecule has 56 valence electrons. The molecule has 0 spiro atoms. The van der Waals surface area contributed by atoms with Crippen molar-refractivity contribution >= 4 is 5.91 Å². The van der Waals surface area contributed by atoms with E-state index in [-0.39, 0.29) is 17.9 Å². The van der Waals surface area contributed by atoms with E-state index >= 15 is 0 Å². The molecule has 0 aromatic rings. The second-order valence-electron chi connectivity index (χ2n) is 2.40. The Morgan fingerprint density at radius 2 is 2.30 bits per heavy atom. The summed E-state index contributed by atoms with van der Waals surface area (Å²) in [5, 5.41) is 0. The van der Waals surface area contributed by atoms with Crippen molar-refractivity contribution in [3.05, 3.63) is 12.2 Å². The third kappa shape index (κ3) is 1.34. The lowest BCUT2D eigenvalue weighted by Crippen LogP contribution is -2.35. The summed E-state index contributed by atoms with van der Waals surface area (Å²) in [5.74, 6) is 4.64. The molecule has 0 heterocycles. The van der Waals surface area contributed by atoms with Gasteiger partial charge in [-0.1, -0.05) is 12.2 Å². The second kappa shape index (κ2) is 2.81. The first-order valence-corrected chi connectivity index (χ1v) is 3.18. The molecule has 2 atom stereocenters. The number of nitrogens with two attached hydrogens (primary N) is 2. The van der Waals surface area contributed by atoms with E-state index in [1.165, 1.54) is 0 Å². The van der Waals surface area contributed by atoms with E-state index < -0.39 is 0 Å². The lowest BCUT2D eigenvalue weighted by molar-refractivity contribution is -0.123. The van der Waals surface area contributed by atoms with Gasteiger partial charge in [-0.2, -0.15) is 0 Å². The van der Waals surface area contributed by atoms with Gasteiger partial charge in [-0.05, 0) is 6.42 Å². The van der Waals surface area contributed by atoms with E-state index in [2.05, 4.69) is 5.43 Å². The number of hydrogen-bond donors (Lipinski definition) is 3. The summed E-state index contributed by atoms with van der Waals surface area (Å²) in [6.45, 7) is 0. The molecule has 4 heteroatoms. The summed E-state index contributed by atoms with van der Waals surface area (Å²) in [6.07, 6.45) is 4.27. The average molecular weight is 141 g/mol. The van der Waals surface area contributed by atoms with Gasteiger partial charge in [0, 0.05) is 6.04 Å². The first-order valence-electron chi connectivity index (χ1n) is 3.18. The molecule has 0 saturated heterocycles. The molecule has 0 aromatic carbocycles. The molecule has 1 aliphatic rings. The van der Waals surface area contributed by atoms with Crippen LogP contribution in [0.3, 0.4) is 0 Å². The minimum Gasteiger partial charge on any atom is -0.324 e. The molecule has 0 fully saturated rings. The van der Waals surface area contributed by atoms with Gasteiger partial charge in [-0.3, -0.25) is 10.2 Å². The minimum absolute atomic E-state index is 0.0160. The number of hydrogen-bond acceptors (Lipinski definition) is 3. The minimum atomic E-state index is -0.163. The highest BCUT2D eigenvalue weighted by Gasteiger charge is 2.21. The third-order valence-electron chi connectivity index (χ3n) is 1.60. The van der Waals surface area contributed by atoms with Gasteiger partial charge in [0.15, 0.2) is 0 Å². The zero-order valence-electron chi connectivity index (χ0n) is 5.58. The molecule has 4 nitrogen and oxygen atoms in total. The molecule has 0 aromatic heterocycles. The Kier molecular flexibility index (Phi) is 2.03. The highest BCUT2D eigenvalue weighted by atomic mass is 16.2. The molecule has 0 saturated carbocycles. The van der Waals surface area contributed by atoms with E-state index in [4.69, 9.17) is 11.6 Å². The predicted octanol–water partition coefficient (Wildman–Crippen LogP) is -1.12. The molecular formula is C6H11N3O. The maximum Gasteiger partial charge on any atom is 0.240 e. The van der Waals surface area contributed by atoms with Crippen LogP contribution in [0.2, 0.25) is 0 Å². The van der Waals surface area contributed by atoms with Gasteiger partial charge in [0.25, 0.3) is 0 Å². The number of nitrogens with one attached hydrogen (secondary N) is 1. The van der Waals surface area contributed by atoms with Crippen LogP contribution in [0.4, 0.5) is 0 Å². The van der Waals surface area contributed by atoms with Crippen molar-refractivity contribution in [1.82, 2.24) is 5.43 Å². The SMILES string of the molecule is NNC(=O)C1C=CC(N)C1. The van der Waals surface area contributed by atoms with E-state index in [0.29, 0.717) is 6.42 Å². The molecule has 1 rings (SSSR count). The van der Waals surface area contributed by atoms with E-state index in [9.17, 15) is 4.79 Å². The average Bonchev–Trinajstić information content (AvgIpc) is 2.34. The quantitative estimate of drug-likeness (QED) is 0.187. The highest BCUT2D eigenvalue weighted by molar-refractivity contribution is 5.80. The lowest BCUT2D eigenvalue weighted by Gasteiger charge is -2.05. The van der Waals surface area contributed by atoms with Gasteiger partial charge < -0.3 is 5.73 Å². The monoisotopic (exact) mass is 141 g/mol. The van der Waals surface area contributed by atoms with Crippen LogP contribution in [0.25, 0.3) is 0 Å². The van der Waals surface area contributed by atoms with Crippen molar-refractivity contribution in [2.24, 2.45) is 17.5 Å². The van der Waals surface area contributed by atoms with Crippen LogP contribution in [0.5, 0.6) is 0 Å². The fourth-order valence-corrected chi connectivity index (χ4v) is 1.03. The van der Waals surface area contributed by atoms with Gasteiger partial charge in [0.1, 0.15) is 0 Å². The van der Waals surface area contributed by atoms with Gasteiger partial charge >= 0.3 is 0 Å². The van der Waals surface area contributed by atoms with Crippen molar-refractivity contribution in [3.8, 4) is 0 Å². The van der Waals surface area contributed by atoms with Gasteiger partial charge in [0.05, 0.1) is 5.92 Å². The van der Waals surface area contributed by atoms with E-state index in [1.54, 1.807) is 6.08 Å². The number of carbonyl (C=O) groups is 1. The molecular weight excluding hydrogens is 130 g/mol. The van der Waals surface area contributed by atoms with Crippen LogP contribution in [0, 0.1) is 5.92 Å². The fraction of sp³-hybridized carbons (Fsp3) is 0.500. The van der Waals surface area contributed by atoms with Crippen LogP contribution < -0.4 is 17.0 Å². The molecule has 1 aliphatic carbocycles. The van der Waals surface area contributed by atoms with Crippen molar-refractivity contribution in [2.75, 3.05) is 0 Å². The maximum absolute atomic E-state index is 10.8. The van der Waals surface area contributed by atoms with Crippen LogP contribution in [0.1, 0.15) is 6.42 Å². The Bertz CT molecular complexity index is 166. The summed E-state index contributed by atoms with van der Waals surface area (Å²) in [5.41, 5.74) is 7.59. The van der Waals surface area contributed by atoms with Crippen LogP contribution >= 0.6 is 0 Å². The molecule has 10 heavy (non-hydrogen) atoms. The molecule has 0 bridgehead atoms. The van der Waals surface area contributed by atoms with Crippen molar-refractivity contribution in [2.45, 2.75) is 12.5 Å². The zero-order valence-corrected chi connectivity index (χ0v) is 5.58. The van der Waals surface area contributed by atoms with Crippen LogP contribution in [0.15, 0.2) is 12.2 Å². The summed E-state index contributed by atoms with van der Waals surface area (Å²) in [4.78, 5) is 10.8. The highest BCUT2D eigenvalue weighted by Crippen LogP contribution is 2.15. The first kappa shape index (κ1) is 7.24. The summed E-state index contributed by atoms with van der Waals surface area (Å²) in [6, 6.07) is 0.0160. The predicted molar refractivity (Wildman–Crippen MR) is 37.6 cm³/mol. The lowest BCUT2D eigenvalue weighted by atomic mass is 10.1. The first-order chi connectivity index (χ1) is 4.74. The standard InChI is InChI=1S/C6H11N3O/c7-5-2-1-4(3-5)6(10)9-8/h1-2,4-5H,3,7-8H2,(H,9,10). The largest absolute Gasteiger partial charge is 0.324 e. The maximum atomic E-state index is 10.8. The third-order valence-corrected chi connectivity index (χ3v) is 1.60. The summed E-state index contributed by atoms with van der Waals surface area (Å²) >= 11 is 0. The van der Waals surface area contributed by atoms with Crippen molar-refractivity contribution < 1.29 is 4.79 Å². The zero-order chi connectivity index (χ0) is 7.56. The normalized spacial score (nSPS) is 30.6. The molecule has 0 radical (unpaired) electrons. The number of rotatable bonds is 1. The fourth-order valence-electron chi connectivity index (χ4n) is 1.03. The topological polar surface area (TPSA) is 81.1 Å². The molecule has 1 amide bonds. The van der Waals surface area contributed by atoms with E-state index in [1.807, 2.05) is 6.08 Å². The van der Waals surface area contributed by atoms with Gasteiger partial charge in [-0.25, -0.2) is 5.84 Å². The number of carbonyl (C=O) groups excluding carboxylic acids is 1. The van der Waals surface area contributed by atoms with E-state index in [0.717, 1.165) is 0 Å². The second-order valence-corrected chi connectivity index (χ2v) is 2.40. The Hall–Kier alpha value is -0.870. The molecule has 0 aliphatic heterocycles. The molecule has 2 unspecified atom stereocenters. The van der Waals surface area contributed by atoms with Crippen molar-refractivity contribution in [3.63, 3.8) is 0 Å². The van der Waals surface area contributed by atoms with Crippen LogP contribution in [-0.4, -0.2) is 11.9 Å². The number of amides is 1. The van der Waals surface area contributed by atoms with Crippen molar-refractivity contribution in [1.29, 1.82) is 0 Å². The Labute approximate surface area is 59.2 Å². The Balaban J connectivity index is 2.46. The Morgan fingerprint density at radius 3 is 2.70 bits per heavy atom. The Morgan fingerprint density at radius 1 is 1.60 bits per heavy atom. The number of hydrazine groups is 1. The summed E-state index contributed by atoms with van der Waals surface area (Å²) in [7, 11) is 0. The molecule has 5 N–H and O–H groups in total. The van der Waals surface area contributed by atoms with Gasteiger partial charge in [0.2, 0.25) is 5.91 Å². The summed E-state index contributed by atoms with van der Waals surface area (Å²) < 4.78 is 0. The smallest absolute Gasteiger partial charge is 0.240 e. The van der Waals surface area contributed by atoms with Gasteiger partial charge in [-0.15, -0.1) is 0 Å².